The summed E-state index contributed by atoms with van der Waals surface area (Å²) in [6, 6.07) is 0. The van der Waals surface area contributed by atoms with Crippen LogP contribution in [0.2, 0.25) is 0 Å². The van der Waals surface area contributed by atoms with Gasteiger partial charge in [0.05, 0.1) is 22.0 Å². The van der Waals surface area contributed by atoms with Crippen molar-refractivity contribution in [2.75, 3.05) is 18.8 Å². The maximum Gasteiger partial charge on any atom is 1.00 e. The van der Waals surface area contributed by atoms with Gasteiger partial charge in [-0.05, 0) is 6.42 Å². The van der Waals surface area contributed by atoms with Gasteiger partial charge in [-0.1, -0.05) is 96.8 Å². The molecular formula is C20H42NNaO4S. The smallest absolute Gasteiger partial charge is 0.748 e. The van der Waals surface area contributed by atoms with E-state index in [-0.39, 0.29) is 36.1 Å². The summed E-state index contributed by atoms with van der Waals surface area (Å²) in [5, 5.41) is 12.6. The average molecular weight is 416 g/mol. The molecule has 0 heterocycles. The van der Waals surface area contributed by atoms with E-state index in [0.717, 1.165) is 19.3 Å². The molecule has 0 aromatic heterocycles. The maximum absolute atomic E-state index is 10.4. The van der Waals surface area contributed by atoms with Crippen LogP contribution in [0.5, 0.6) is 0 Å². The van der Waals surface area contributed by atoms with Crippen molar-refractivity contribution in [3.63, 3.8) is 0 Å². The van der Waals surface area contributed by atoms with E-state index in [2.05, 4.69) is 12.2 Å². The Kier molecular flexibility index (Phi) is 24.0. The summed E-state index contributed by atoms with van der Waals surface area (Å²) in [5.74, 6) is -0.418. The van der Waals surface area contributed by atoms with Crippen molar-refractivity contribution in [3.05, 3.63) is 0 Å². The second-order valence-electron chi connectivity index (χ2n) is 7.50. The largest absolute Gasteiger partial charge is 1.00 e. The molecule has 158 valence electrons. The van der Waals surface area contributed by atoms with Crippen molar-refractivity contribution < 1.29 is 47.6 Å². The van der Waals surface area contributed by atoms with Crippen LogP contribution in [0.15, 0.2) is 0 Å². The minimum Gasteiger partial charge on any atom is -0.748 e. The molecule has 0 radical (unpaired) electrons. The Bertz CT molecular complexity index is 393. The molecule has 0 saturated carbocycles. The molecule has 1 unspecified atom stereocenters. The number of hydrogen-bond donors (Lipinski definition) is 2. The summed E-state index contributed by atoms with van der Waals surface area (Å²) in [6.07, 6.45) is 18.7. The van der Waals surface area contributed by atoms with Crippen molar-refractivity contribution in [2.45, 2.75) is 109 Å². The fourth-order valence-corrected chi connectivity index (χ4v) is 3.54. The standard InChI is InChI=1S/C20H43NO4S.Na/c1-2-3-4-5-6-7-8-9-10-11-12-13-14-15-16-20(22)19-21-17-18-26(23,24)25;/h20-22H,2-19H2,1H3,(H,23,24,25);/q;+1/p-1. The molecule has 0 bridgehead atoms. The minimum absolute atomic E-state index is 0. The Balaban J connectivity index is 0. The van der Waals surface area contributed by atoms with E-state index in [0.29, 0.717) is 6.54 Å². The summed E-state index contributed by atoms with van der Waals surface area (Å²) in [5.41, 5.74) is 0. The van der Waals surface area contributed by atoms with Gasteiger partial charge in [-0.3, -0.25) is 0 Å². The molecule has 0 aromatic rings. The van der Waals surface area contributed by atoms with Crippen molar-refractivity contribution in [1.82, 2.24) is 5.32 Å². The Morgan fingerprint density at radius 1 is 0.815 bits per heavy atom. The fourth-order valence-electron chi connectivity index (χ4n) is 3.14. The van der Waals surface area contributed by atoms with Crippen LogP contribution in [0.4, 0.5) is 0 Å². The van der Waals surface area contributed by atoms with Crippen molar-refractivity contribution in [2.24, 2.45) is 0 Å². The molecule has 27 heavy (non-hydrogen) atoms. The van der Waals surface area contributed by atoms with Gasteiger partial charge in [-0.2, -0.15) is 0 Å². The minimum atomic E-state index is -4.16. The summed E-state index contributed by atoms with van der Waals surface area (Å²) >= 11 is 0. The zero-order valence-electron chi connectivity index (χ0n) is 17.9. The van der Waals surface area contributed by atoms with E-state index < -0.39 is 22.0 Å². The Labute approximate surface area is 190 Å². The molecule has 0 saturated heterocycles. The summed E-state index contributed by atoms with van der Waals surface area (Å²) in [4.78, 5) is 0. The van der Waals surface area contributed by atoms with Gasteiger partial charge in [0.1, 0.15) is 0 Å². The quantitative estimate of drug-likeness (QED) is 0.178. The molecule has 0 aliphatic carbocycles. The first-order valence-corrected chi connectivity index (χ1v) is 12.4. The first-order valence-electron chi connectivity index (χ1n) is 10.8. The van der Waals surface area contributed by atoms with E-state index in [1.54, 1.807) is 0 Å². The third-order valence-electron chi connectivity index (χ3n) is 4.80. The molecule has 1 atom stereocenters. The average Bonchev–Trinajstić information content (AvgIpc) is 2.58. The van der Waals surface area contributed by atoms with Gasteiger partial charge in [0.25, 0.3) is 0 Å². The molecule has 0 aliphatic heterocycles. The predicted octanol–water partition coefficient (Wildman–Crippen LogP) is 1.36. The Morgan fingerprint density at radius 3 is 1.63 bits per heavy atom. The number of rotatable bonds is 20. The molecule has 5 nitrogen and oxygen atoms in total. The van der Waals surface area contributed by atoms with Crippen LogP contribution in [0.1, 0.15) is 103 Å². The van der Waals surface area contributed by atoms with Crippen LogP contribution in [-0.4, -0.2) is 43.0 Å². The van der Waals surface area contributed by atoms with Crippen molar-refractivity contribution in [3.8, 4) is 0 Å². The predicted molar refractivity (Wildman–Crippen MR) is 108 cm³/mol. The van der Waals surface area contributed by atoms with E-state index in [4.69, 9.17) is 0 Å². The molecule has 0 rings (SSSR count). The van der Waals surface area contributed by atoms with Gasteiger partial charge in [0, 0.05) is 13.1 Å². The van der Waals surface area contributed by atoms with Crippen molar-refractivity contribution in [1.29, 1.82) is 0 Å². The zero-order valence-corrected chi connectivity index (χ0v) is 20.7. The molecule has 0 aliphatic rings. The maximum atomic E-state index is 10.4. The topological polar surface area (TPSA) is 89.5 Å². The number of aliphatic hydroxyl groups is 1. The van der Waals surface area contributed by atoms with Gasteiger partial charge in [-0.15, -0.1) is 0 Å². The monoisotopic (exact) mass is 415 g/mol. The Morgan fingerprint density at radius 2 is 1.22 bits per heavy atom. The molecule has 0 fully saturated rings. The molecular weight excluding hydrogens is 373 g/mol. The van der Waals surface area contributed by atoms with E-state index in [1.165, 1.54) is 77.0 Å². The first kappa shape index (κ1) is 30.0. The van der Waals surface area contributed by atoms with Crippen LogP contribution in [-0.2, 0) is 10.1 Å². The SMILES string of the molecule is CCCCCCCCCCCCCCCCC(O)CNCCS(=O)(=O)[O-].[Na+]. The summed E-state index contributed by atoms with van der Waals surface area (Å²) < 4.78 is 31.3. The Hall–Kier alpha value is 0.830. The van der Waals surface area contributed by atoms with Crippen LogP contribution in [0.25, 0.3) is 0 Å². The van der Waals surface area contributed by atoms with Crippen LogP contribution in [0, 0.1) is 0 Å². The van der Waals surface area contributed by atoms with Crippen LogP contribution in [0.3, 0.4) is 0 Å². The number of nitrogens with one attached hydrogen (secondary N) is 1. The second kappa shape index (κ2) is 21.5. The summed E-state index contributed by atoms with van der Waals surface area (Å²) in [6.45, 7) is 2.73. The van der Waals surface area contributed by atoms with E-state index >= 15 is 0 Å². The van der Waals surface area contributed by atoms with Crippen molar-refractivity contribution >= 4 is 10.1 Å². The van der Waals surface area contributed by atoms with Gasteiger partial charge in [0.2, 0.25) is 0 Å². The van der Waals surface area contributed by atoms with Gasteiger partial charge in [0.15, 0.2) is 0 Å². The molecule has 0 spiro atoms. The number of hydrogen-bond acceptors (Lipinski definition) is 5. The van der Waals surface area contributed by atoms with Gasteiger partial charge in [-0.25, -0.2) is 8.42 Å². The molecule has 7 heteroatoms. The summed E-state index contributed by atoms with van der Waals surface area (Å²) in [7, 11) is -4.16. The zero-order chi connectivity index (χ0) is 19.5. The fraction of sp³-hybridized carbons (Fsp3) is 1.00. The number of aliphatic hydroxyl groups excluding tert-OH is 1. The van der Waals surface area contributed by atoms with E-state index in [1.807, 2.05) is 0 Å². The van der Waals surface area contributed by atoms with Crippen LogP contribution < -0.4 is 34.9 Å². The molecule has 0 amide bonds. The van der Waals surface area contributed by atoms with Gasteiger partial charge >= 0.3 is 29.6 Å². The normalized spacial score (nSPS) is 12.7. The van der Waals surface area contributed by atoms with Gasteiger partial charge < -0.3 is 15.0 Å². The third kappa shape index (κ3) is 26.8. The second-order valence-corrected chi connectivity index (χ2v) is 9.03. The first-order chi connectivity index (χ1) is 12.5. The third-order valence-corrected chi connectivity index (χ3v) is 5.50. The molecule has 0 aromatic carbocycles. The number of unbranched alkanes of at least 4 members (excludes halogenated alkanes) is 13. The molecule has 2 N–H and O–H groups in total. The van der Waals surface area contributed by atoms with E-state index in [9.17, 15) is 18.1 Å². The van der Waals surface area contributed by atoms with Crippen LogP contribution >= 0.6 is 0 Å².